The molecule has 1 unspecified atom stereocenters. The molecule has 0 amide bonds. The van der Waals surface area contributed by atoms with Crippen molar-refractivity contribution in [3.05, 3.63) is 125 Å². The van der Waals surface area contributed by atoms with Crippen LogP contribution in [-0.4, -0.2) is 12.9 Å². The van der Waals surface area contributed by atoms with Crippen molar-refractivity contribution >= 4 is 5.78 Å². The van der Waals surface area contributed by atoms with Gasteiger partial charge in [-0.3, -0.25) is 4.79 Å². The van der Waals surface area contributed by atoms with Gasteiger partial charge in [0.05, 0.1) is 7.11 Å². The summed E-state index contributed by atoms with van der Waals surface area (Å²) < 4.78 is 17.4. The highest BCUT2D eigenvalue weighted by Gasteiger charge is 2.22. The highest BCUT2D eigenvalue weighted by molar-refractivity contribution is 6.01. The van der Waals surface area contributed by atoms with E-state index in [9.17, 15) is 4.79 Å². The van der Waals surface area contributed by atoms with Gasteiger partial charge in [-0.2, -0.15) is 0 Å². The van der Waals surface area contributed by atoms with Crippen molar-refractivity contribution < 1.29 is 19.0 Å². The number of ether oxygens (including phenoxy) is 3. The third-order valence-electron chi connectivity index (χ3n) is 5.70. The van der Waals surface area contributed by atoms with E-state index in [4.69, 9.17) is 14.2 Å². The number of benzene rings is 4. The zero-order valence-electron chi connectivity index (χ0n) is 19.4. The number of rotatable bonds is 10. The first-order valence-electron chi connectivity index (χ1n) is 11.3. The molecule has 0 fully saturated rings. The lowest BCUT2D eigenvalue weighted by molar-refractivity contribution is 0.0964. The van der Waals surface area contributed by atoms with Crippen LogP contribution in [0.4, 0.5) is 0 Å². The topological polar surface area (TPSA) is 44.8 Å². The molecule has 4 aromatic rings. The molecular weight excluding hydrogens is 424 g/mol. The second-order valence-corrected chi connectivity index (χ2v) is 8.06. The lowest BCUT2D eigenvalue weighted by atomic mass is 9.91. The third-order valence-corrected chi connectivity index (χ3v) is 5.70. The van der Waals surface area contributed by atoms with Crippen molar-refractivity contribution in [2.24, 2.45) is 0 Å². The summed E-state index contributed by atoms with van der Waals surface area (Å²) in [5.41, 5.74) is 3.59. The molecule has 0 aliphatic rings. The molecule has 34 heavy (non-hydrogen) atoms. The molecule has 0 aromatic heterocycles. The van der Waals surface area contributed by atoms with Crippen molar-refractivity contribution in [2.75, 3.05) is 7.11 Å². The summed E-state index contributed by atoms with van der Waals surface area (Å²) in [5, 5.41) is 0. The second-order valence-electron chi connectivity index (χ2n) is 8.06. The summed E-state index contributed by atoms with van der Waals surface area (Å²) in [6.45, 7) is 2.76. The van der Waals surface area contributed by atoms with Crippen molar-refractivity contribution in [3.63, 3.8) is 0 Å². The molecule has 1 atom stereocenters. The Bertz CT molecular complexity index is 1200. The van der Waals surface area contributed by atoms with E-state index in [1.807, 2.05) is 85.8 Å². The number of carbonyl (C=O) groups is 1. The van der Waals surface area contributed by atoms with E-state index >= 15 is 0 Å². The minimum Gasteiger partial charge on any atom is -0.497 e. The van der Waals surface area contributed by atoms with E-state index in [0.29, 0.717) is 30.3 Å². The van der Waals surface area contributed by atoms with Crippen LogP contribution < -0.4 is 14.2 Å². The molecular formula is C30H28O4. The van der Waals surface area contributed by atoms with Gasteiger partial charge in [0.25, 0.3) is 0 Å². The van der Waals surface area contributed by atoms with Crippen molar-refractivity contribution in [2.45, 2.75) is 26.1 Å². The van der Waals surface area contributed by atoms with E-state index in [1.165, 1.54) is 0 Å². The van der Waals surface area contributed by atoms with Gasteiger partial charge in [-0.15, -0.1) is 0 Å². The molecule has 0 bridgehead atoms. The maximum Gasteiger partial charge on any atom is 0.170 e. The molecule has 0 radical (unpaired) electrons. The highest BCUT2D eigenvalue weighted by Crippen LogP contribution is 2.34. The lowest BCUT2D eigenvalue weighted by Crippen LogP contribution is -2.11. The standard InChI is InChI=1S/C30H28O4/c1-22(30(31)25-13-15-26(32-2)16-14-25)28-18-17-27(33-20-23-9-5-3-6-10-23)19-29(28)34-21-24-11-7-4-8-12-24/h3-19,22H,20-21H2,1-2H3. The number of carbonyl (C=O) groups excluding carboxylic acids is 1. The summed E-state index contributed by atoms with van der Waals surface area (Å²) in [6.07, 6.45) is 0. The third kappa shape index (κ3) is 5.84. The summed E-state index contributed by atoms with van der Waals surface area (Å²) >= 11 is 0. The summed E-state index contributed by atoms with van der Waals surface area (Å²) in [6, 6.07) is 32.8. The predicted octanol–water partition coefficient (Wildman–Crippen LogP) is 6.84. The summed E-state index contributed by atoms with van der Waals surface area (Å²) in [5.74, 6) is 1.69. The minimum absolute atomic E-state index is 0.0187. The zero-order chi connectivity index (χ0) is 23.8. The van der Waals surface area contributed by atoms with Gasteiger partial charge in [0.1, 0.15) is 30.5 Å². The van der Waals surface area contributed by atoms with Gasteiger partial charge in [0.2, 0.25) is 0 Å². The Labute approximate surface area is 200 Å². The maximum absolute atomic E-state index is 13.2. The largest absolute Gasteiger partial charge is 0.497 e. The lowest BCUT2D eigenvalue weighted by Gasteiger charge is -2.18. The average molecular weight is 453 g/mol. The Kier molecular flexibility index (Phi) is 7.61. The molecule has 0 aliphatic heterocycles. The van der Waals surface area contributed by atoms with Gasteiger partial charge in [-0.1, -0.05) is 73.7 Å². The molecule has 172 valence electrons. The summed E-state index contributed by atoms with van der Waals surface area (Å²) in [7, 11) is 1.61. The van der Waals surface area contributed by atoms with Crippen molar-refractivity contribution in [1.82, 2.24) is 0 Å². The monoisotopic (exact) mass is 452 g/mol. The first-order chi connectivity index (χ1) is 16.6. The fraction of sp³-hybridized carbons (Fsp3) is 0.167. The van der Waals surface area contributed by atoms with Gasteiger partial charge < -0.3 is 14.2 Å². The van der Waals surface area contributed by atoms with Gasteiger partial charge in [0, 0.05) is 23.1 Å². The van der Waals surface area contributed by atoms with Gasteiger partial charge in [-0.25, -0.2) is 0 Å². The number of methoxy groups -OCH3 is 1. The Morgan fingerprint density at radius 3 is 1.85 bits per heavy atom. The Balaban J connectivity index is 1.57. The molecule has 0 spiro atoms. The van der Waals surface area contributed by atoms with Crippen LogP contribution in [0, 0.1) is 0 Å². The van der Waals surface area contributed by atoms with Crippen LogP contribution in [0.2, 0.25) is 0 Å². The Morgan fingerprint density at radius 1 is 0.706 bits per heavy atom. The fourth-order valence-corrected chi connectivity index (χ4v) is 3.71. The van der Waals surface area contributed by atoms with E-state index in [2.05, 4.69) is 0 Å². The van der Waals surface area contributed by atoms with Crippen molar-refractivity contribution in [3.8, 4) is 17.2 Å². The van der Waals surface area contributed by atoms with Crippen molar-refractivity contribution in [1.29, 1.82) is 0 Å². The molecule has 0 heterocycles. The van der Waals surface area contributed by atoms with Crippen LogP contribution in [0.1, 0.15) is 39.9 Å². The molecule has 4 heteroatoms. The molecule has 0 N–H and O–H groups in total. The molecule has 0 aliphatic carbocycles. The van der Waals surface area contributed by atoms with Crippen LogP contribution in [0.3, 0.4) is 0 Å². The van der Waals surface area contributed by atoms with Crippen LogP contribution in [0.5, 0.6) is 17.2 Å². The quantitative estimate of drug-likeness (QED) is 0.247. The van der Waals surface area contributed by atoms with Crippen LogP contribution in [-0.2, 0) is 13.2 Å². The first-order valence-corrected chi connectivity index (χ1v) is 11.3. The normalized spacial score (nSPS) is 11.5. The van der Waals surface area contributed by atoms with Crippen LogP contribution in [0.15, 0.2) is 103 Å². The van der Waals surface area contributed by atoms with Crippen LogP contribution in [0.25, 0.3) is 0 Å². The number of ketones is 1. The minimum atomic E-state index is -0.387. The van der Waals surface area contributed by atoms with E-state index in [-0.39, 0.29) is 11.7 Å². The molecule has 0 saturated heterocycles. The SMILES string of the molecule is COc1ccc(C(=O)C(C)c2ccc(OCc3ccccc3)cc2OCc2ccccc2)cc1. The van der Waals surface area contributed by atoms with E-state index in [0.717, 1.165) is 22.4 Å². The summed E-state index contributed by atoms with van der Waals surface area (Å²) in [4.78, 5) is 13.2. The second kappa shape index (κ2) is 11.2. The van der Waals surface area contributed by atoms with Gasteiger partial charge >= 0.3 is 0 Å². The molecule has 4 nitrogen and oxygen atoms in total. The van der Waals surface area contributed by atoms with Gasteiger partial charge in [-0.05, 0) is 41.5 Å². The predicted molar refractivity (Wildman–Crippen MR) is 134 cm³/mol. The maximum atomic E-state index is 13.2. The first kappa shape index (κ1) is 23.1. The van der Waals surface area contributed by atoms with E-state index in [1.54, 1.807) is 31.4 Å². The Morgan fingerprint density at radius 2 is 1.26 bits per heavy atom. The van der Waals surface area contributed by atoms with Crippen LogP contribution >= 0.6 is 0 Å². The number of Topliss-reactive ketones (excluding diaryl/α,β-unsaturated/α-hetero) is 1. The molecule has 4 aromatic carbocycles. The number of hydrogen-bond acceptors (Lipinski definition) is 4. The smallest absolute Gasteiger partial charge is 0.170 e. The molecule has 4 rings (SSSR count). The van der Waals surface area contributed by atoms with Gasteiger partial charge in [0.15, 0.2) is 5.78 Å². The highest BCUT2D eigenvalue weighted by atomic mass is 16.5. The average Bonchev–Trinajstić information content (AvgIpc) is 2.91. The fourth-order valence-electron chi connectivity index (χ4n) is 3.71. The van der Waals surface area contributed by atoms with E-state index < -0.39 is 0 Å². The number of hydrogen-bond donors (Lipinski definition) is 0. The molecule has 0 saturated carbocycles. The zero-order valence-corrected chi connectivity index (χ0v) is 19.4. The Hall–Kier alpha value is -4.05.